The van der Waals surface area contributed by atoms with Crippen molar-refractivity contribution in [2.45, 2.75) is 27.4 Å². The molecule has 0 radical (unpaired) electrons. The summed E-state index contributed by atoms with van der Waals surface area (Å²) in [7, 11) is 0. The Bertz CT molecular complexity index is 197. The molecule has 70 valence electrons. The van der Waals surface area contributed by atoms with E-state index in [1.807, 2.05) is 45.0 Å². The van der Waals surface area contributed by atoms with E-state index < -0.39 is 0 Å². The molecule has 0 aliphatic carbocycles. The topological polar surface area (TPSA) is 51.7 Å². The van der Waals surface area contributed by atoms with Crippen molar-refractivity contribution in [3.05, 3.63) is 35.4 Å². The Labute approximate surface area is 74.2 Å². The summed E-state index contributed by atoms with van der Waals surface area (Å²) in [6.07, 6.45) is 0. The molecule has 2 heteroatoms. The summed E-state index contributed by atoms with van der Waals surface area (Å²) in [6, 6.07) is 7.81. The monoisotopic (exact) mass is 170 g/mol. The minimum absolute atomic E-state index is 0. The van der Waals surface area contributed by atoms with Crippen LogP contribution in [0.3, 0.4) is 0 Å². The summed E-state index contributed by atoms with van der Waals surface area (Å²) in [5, 5.41) is 8.72. The molecular formula is C10H18O2. The Morgan fingerprint density at radius 1 is 1.17 bits per heavy atom. The van der Waals surface area contributed by atoms with E-state index in [1.54, 1.807) is 0 Å². The van der Waals surface area contributed by atoms with Gasteiger partial charge in [-0.1, -0.05) is 38.1 Å². The highest BCUT2D eigenvalue weighted by Crippen LogP contribution is 2.05. The van der Waals surface area contributed by atoms with Crippen molar-refractivity contribution in [3.63, 3.8) is 0 Å². The van der Waals surface area contributed by atoms with Crippen LogP contribution >= 0.6 is 0 Å². The molecule has 3 N–H and O–H groups in total. The fourth-order valence-corrected chi connectivity index (χ4v) is 0.787. The molecule has 0 aromatic heterocycles. The second kappa shape index (κ2) is 8.24. The van der Waals surface area contributed by atoms with Crippen LogP contribution in [-0.4, -0.2) is 10.6 Å². The van der Waals surface area contributed by atoms with Crippen LogP contribution in [0.5, 0.6) is 0 Å². The van der Waals surface area contributed by atoms with Crippen LogP contribution in [0.2, 0.25) is 0 Å². The van der Waals surface area contributed by atoms with Crippen molar-refractivity contribution < 1.29 is 10.6 Å². The first-order chi connectivity index (χ1) is 5.34. The Kier molecular flexibility index (Phi) is 9.41. The number of aryl methyl sites for hydroxylation is 1. The molecule has 1 rings (SSSR count). The molecule has 12 heavy (non-hydrogen) atoms. The molecule has 0 amide bonds. The molecule has 1 aromatic carbocycles. The van der Waals surface area contributed by atoms with Gasteiger partial charge in [0.05, 0.1) is 6.61 Å². The maximum atomic E-state index is 8.72. The van der Waals surface area contributed by atoms with Gasteiger partial charge in [-0.2, -0.15) is 0 Å². The Hall–Kier alpha value is -0.860. The van der Waals surface area contributed by atoms with Crippen molar-refractivity contribution in [2.75, 3.05) is 0 Å². The lowest BCUT2D eigenvalue weighted by Crippen LogP contribution is -1.85. The average molecular weight is 170 g/mol. The molecule has 1 aromatic rings. The number of hydrogen-bond acceptors (Lipinski definition) is 1. The summed E-state index contributed by atoms with van der Waals surface area (Å²) < 4.78 is 0. The highest BCUT2D eigenvalue weighted by Gasteiger charge is 1.90. The first kappa shape index (κ1) is 13.7. The van der Waals surface area contributed by atoms with Gasteiger partial charge < -0.3 is 10.6 Å². The van der Waals surface area contributed by atoms with Gasteiger partial charge in [-0.05, 0) is 18.1 Å². The third-order valence-electron chi connectivity index (χ3n) is 1.43. The van der Waals surface area contributed by atoms with Crippen LogP contribution in [-0.2, 0) is 6.61 Å². The Morgan fingerprint density at radius 3 is 2.00 bits per heavy atom. The van der Waals surface area contributed by atoms with Gasteiger partial charge in [-0.25, -0.2) is 0 Å². The summed E-state index contributed by atoms with van der Waals surface area (Å²) >= 11 is 0. The standard InChI is InChI=1S/C8H10O.C2H6.H2O/c1-7-4-2-3-5-8(7)6-9;1-2;/h2-5,9H,6H2,1H3;1-2H3;1H2. The minimum Gasteiger partial charge on any atom is -0.412 e. The van der Waals surface area contributed by atoms with Crippen LogP contribution in [0.25, 0.3) is 0 Å². The maximum Gasteiger partial charge on any atom is 0.0684 e. The molecular weight excluding hydrogens is 152 g/mol. The highest BCUT2D eigenvalue weighted by atomic mass is 16.3. The fourth-order valence-electron chi connectivity index (χ4n) is 0.787. The van der Waals surface area contributed by atoms with Crippen LogP contribution in [0.4, 0.5) is 0 Å². The molecule has 0 unspecified atom stereocenters. The largest absolute Gasteiger partial charge is 0.412 e. The predicted octanol–water partition coefficient (Wildman–Crippen LogP) is 1.69. The van der Waals surface area contributed by atoms with Gasteiger partial charge in [0, 0.05) is 0 Å². The molecule has 0 spiro atoms. The molecule has 0 atom stereocenters. The number of aliphatic hydroxyl groups is 1. The van der Waals surface area contributed by atoms with Gasteiger partial charge in [-0.3, -0.25) is 0 Å². The number of aliphatic hydroxyl groups excluding tert-OH is 1. The number of benzene rings is 1. The van der Waals surface area contributed by atoms with E-state index in [0.29, 0.717) is 0 Å². The minimum atomic E-state index is 0. The van der Waals surface area contributed by atoms with Gasteiger partial charge >= 0.3 is 0 Å². The first-order valence-electron chi connectivity index (χ1n) is 4.00. The third kappa shape index (κ3) is 4.11. The first-order valence-corrected chi connectivity index (χ1v) is 4.00. The van der Waals surface area contributed by atoms with Crippen LogP contribution in [0, 0.1) is 6.92 Å². The number of rotatable bonds is 1. The molecule has 0 saturated carbocycles. The van der Waals surface area contributed by atoms with E-state index in [9.17, 15) is 0 Å². The van der Waals surface area contributed by atoms with Gasteiger partial charge in [0.2, 0.25) is 0 Å². The maximum absolute atomic E-state index is 8.72. The normalized spacial score (nSPS) is 7.67. The van der Waals surface area contributed by atoms with Crippen molar-refractivity contribution in [2.24, 2.45) is 0 Å². The van der Waals surface area contributed by atoms with Gasteiger partial charge in [0.1, 0.15) is 0 Å². The Balaban J connectivity index is 0. The zero-order valence-electron chi connectivity index (χ0n) is 7.96. The predicted molar refractivity (Wildman–Crippen MR) is 52.1 cm³/mol. The second-order valence-corrected chi connectivity index (χ2v) is 2.08. The van der Waals surface area contributed by atoms with Gasteiger partial charge in [-0.15, -0.1) is 0 Å². The summed E-state index contributed by atoms with van der Waals surface area (Å²) in [6.45, 7) is 6.14. The van der Waals surface area contributed by atoms with E-state index in [4.69, 9.17) is 5.11 Å². The van der Waals surface area contributed by atoms with E-state index in [1.165, 1.54) is 0 Å². The summed E-state index contributed by atoms with van der Waals surface area (Å²) in [5.41, 5.74) is 2.16. The smallest absolute Gasteiger partial charge is 0.0684 e. The second-order valence-electron chi connectivity index (χ2n) is 2.08. The lowest BCUT2D eigenvalue weighted by atomic mass is 10.1. The van der Waals surface area contributed by atoms with E-state index in [2.05, 4.69) is 0 Å². The SMILES string of the molecule is CC.Cc1ccccc1CO.O. The molecule has 0 bridgehead atoms. The van der Waals surface area contributed by atoms with E-state index >= 15 is 0 Å². The van der Waals surface area contributed by atoms with Crippen molar-refractivity contribution >= 4 is 0 Å². The quantitative estimate of drug-likeness (QED) is 0.685. The molecule has 0 aliphatic rings. The highest BCUT2D eigenvalue weighted by molar-refractivity contribution is 5.24. The summed E-state index contributed by atoms with van der Waals surface area (Å²) in [5.74, 6) is 0. The van der Waals surface area contributed by atoms with E-state index in [-0.39, 0.29) is 12.1 Å². The van der Waals surface area contributed by atoms with Crippen molar-refractivity contribution in [1.29, 1.82) is 0 Å². The lowest BCUT2D eigenvalue weighted by Gasteiger charge is -1.97. The number of hydrogen-bond donors (Lipinski definition) is 1. The zero-order chi connectivity index (χ0) is 8.69. The van der Waals surface area contributed by atoms with Gasteiger partial charge in [0.25, 0.3) is 0 Å². The third-order valence-corrected chi connectivity index (χ3v) is 1.43. The Morgan fingerprint density at radius 2 is 1.67 bits per heavy atom. The molecule has 0 aliphatic heterocycles. The summed E-state index contributed by atoms with van der Waals surface area (Å²) in [4.78, 5) is 0. The molecule has 0 saturated heterocycles. The van der Waals surface area contributed by atoms with E-state index in [0.717, 1.165) is 11.1 Å². The molecule has 2 nitrogen and oxygen atoms in total. The fraction of sp³-hybridized carbons (Fsp3) is 0.400. The molecule has 0 fully saturated rings. The van der Waals surface area contributed by atoms with Crippen molar-refractivity contribution in [1.82, 2.24) is 0 Å². The average Bonchev–Trinajstić information content (AvgIpc) is 2.09. The zero-order valence-corrected chi connectivity index (χ0v) is 7.96. The lowest BCUT2D eigenvalue weighted by molar-refractivity contribution is 0.281. The van der Waals surface area contributed by atoms with Crippen LogP contribution < -0.4 is 0 Å². The van der Waals surface area contributed by atoms with Crippen LogP contribution in [0.15, 0.2) is 24.3 Å². The van der Waals surface area contributed by atoms with Crippen molar-refractivity contribution in [3.8, 4) is 0 Å². The van der Waals surface area contributed by atoms with Gasteiger partial charge in [0.15, 0.2) is 0 Å². The molecule has 0 heterocycles. The van der Waals surface area contributed by atoms with Crippen LogP contribution in [0.1, 0.15) is 25.0 Å².